The second kappa shape index (κ2) is 4.25. The number of hydrogen-bond donors (Lipinski definition) is 0. The number of hydrogen-bond acceptors (Lipinski definition) is 2. The first-order valence-corrected chi connectivity index (χ1v) is 3.64. The third-order valence-corrected chi connectivity index (χ3v) is 1.33. The summed E-state index contributed by atoms with van der Waals surface area (Å²) in [5.74, 6) is 0.782. The van der Waals surface area contributed by atoms with E-state index in [9.17, 15) is 10.1 Å². The fourth-order valence-electron chi connectivity index (χ4n) is 1.13. The van der Waals surface area contributed by atoms with E-state index in [0.29, 0.717) is 5.92 Å². The second-order valence-corrected chi connectivity index (χ2v) is 3.25. The summed E-state index contributed by atoms with van der Waals surface area (Å²) in [5.41, 5.74) is 0. The predicted molar refractivity (Wildman–Crippen MR) is 40.5 cm³/mol. The molecule has 0 aliphatic heterocycles. The van der Waals surface area contributed by atoms with Crippen LogP contribution in [0.3, 0.4) is 0 Å². The Bertz CT molecular complexity index is 112. The molecule has 0 unspecified atom stereocenters. The van der Waals surface area contributed by atoms with Crippen molar-refractivity contribution in [3.05, 3.63) is 10.1 Å². The van der Waals surface area contributed by atoms with Gasteiger partial charge in [-0.2, -0.15) is 0 Å². The van der Waals surface area contributed by atoms with Crippen LogP contribution in [0.2, 0.25) is 0 Å². The van der Waals surface area contributed by atoms with Gasteiger partial charge >= 0.3 is 0 Å². The molecule has 1 atom stereocenters. The van der Waals surface area contributed by atoms with E-state index in [2.05, 4.69) is 13.8 Å². The van der Waals surface area contributed by atoms with Gasteiger partial charge in [0.25, 0.3) is 0 Å². The fraction of sp³-hybridized carbons (Fsp3) is 1.00. The van der Waals surface area contributed by atoms with Crippen LogP contribution >= 0.6 is 0 Å². The molecule has 0 aromatic rings. The summed E-state index contributed by atoms with van der Waals surface area (Å²) in [6.07, 6.45) is 0.945. The van der Waals surface area contributed by atoms with Crippen LogP contribution in [-0.4, -0.2) is 11.5 Å². The van der Waals surface area contributed by atoms with E-state index >= 15 is 0 Å². The Morgan fingerprint density at radius 3 is 2.20 bits per heavy atom. The monoisotopic (exact) mass is 145 g/mol. The van der Waals surface area contributed by atoms with Crippen molar-refractivity contribution in [1.29, 1.82) is 0 Å². The highest BCUT2D eigenvalue weighted by atomic mass is 16.6. The van der Waals surface area contributed by atoms with Gasteiger partial charge in [0, 0.05) is 10.8 Å². The molecule has 0 amide bonds. The van der Waals surface area contributed by atoms with Crippen molar-refractivity contribution >= 4 is 0 Å². The molecule has 0 saturated carbocycles. The first-order chi connectivity index (χ1) is 4.52. The molecule has 0 heterocycles. The first-order valence-electron chi connectivity index (χ1n) is 3.64. The van der Waals surface area contributed by atoms with Crippen molar-refractivity contribution in [2.45, 2.75) is 27.2 Å². The van der Waals surface area contributed by atoms with E-state index in [1.165, 1.54) is 0 Å². The van der Waals surface area contributed by atoms with Gasteiger partial charge in [-0.25, -0.2) is 0 Å². The summed E-state index contributed by atoms with van der Waals surface area (Å²) in [4.78, 5) is 9.75. The molecule has 0 saturated heterocycles. The average molecular weight is 145 g/mol. The molecule has 0 aliphatic rings. The van der Waals surface area contributed by atoms with Crippen molar-refractivity contribution in [3.63, 3.8) is 0 Å². The summed E-state index contributed by atoms with van der Waals surface area (Å²) in [6.45, 7) is 6.19. The predicted octanol–water partition coefficient (Wildman–Crippen LogP) is 1.95. The zero-order chi connectivity index (χ0) is 8.15. The second-order valence-electron chi connectivity index (χ2n) is 3.25. The molecule has 0 spiro atoms. The zero-order valence-corrected chi connectivity index (χ0v) is 6.83. The Morgan fingerprint density at radius 1 is 1.40 bits per heavy atom. The van der Waals surface area contributed by atoms with Gasteiger partial charge in [0.15, 0.2) is 0 Å². The Kier molecular flexibility index (Phi) is 4.00. The number of nitrogens with zero attached hydrogens (tertiary/aromatic N) is 1. The van der Waals surface area contributed by atoms with Crippen molar-refractivity contribution in [3.8, 4) is 0 Å². The van der Waals surface area contributed by atoms with Crippen molar-refractivity contribution < 1.29 is 4.92 Å². The Labute approximate surface area is 61.6 Å². The van der Waals surface area contributed by atoms with Crippen LogP contribution in [-0.2, 0) is 0 Å². The van der Waals surface area contributed by atoms with Crippen LogP contribution in [0.5, 0.6) is 0 Å². The maximum Gasteiger partial charge on any atom is 0.206 e. The quantitative estimate of drug-likeness (QED) is 0.448. The summed E-state index contributed by atoms with van der Waals surface area (Å²) < 4.78 is 0. The summed E-state index contributed by atoms with van der Waals surface area (Å²) in [5, 5.41) is 10.00. The minimum atomic E-state index is -0.243. The van der Waals surface area contributed by atoms with Gasteiger partial charge in [-0.15, -0.1) is 0 Å². The lowest BCUT2D eigenvalue weighted by Crippen LogP contribution is -2.12. The van der Waals surface area contributed by atoms with Gasteiger partial charge in [-0.3, -0.25) is 10.1 Å². The van der Waals surface area contributed by atoms with E-state index in [1.807, 2.05) is 6.92 Å². The lowest BCUT2D eigenvalue weighted by atomic mass is 9.99. The van der Waals surface area contributed by atoms with Gasteiger partial charge in [-0.05, 0) is 12.3 Å². The highest BCUT2D eigenvalue weighted by Crippen LogP contribution is 2.10. The smallest absolute Gasteiger partial charge is 0.206 e. The largest absolute Gasteiger partial charge is 0.265 e. The average Bonchev–Trinajstić information content (AvgIpc) is 1.58. The molecule has 0 rings (SSSR count). The lowest BCUT2D eigenvalue weighted by Gasteiger charge is -2.08. The molecular formula is C7H15NO2. The van der Waals surface area contributed by atoms with Gasteiger partial charge in [0.2, 0.25) is 6.54 Å². The molecule has 0 aromatic heterocycles. The van der Waals surface area contributed by atoms with Crippen LogP contribution in [0.4, 0.5) is 0 Å². The molecule has 60 valence electrons. The van der Waals surface area contributed by atoms with E-state index < -0.39 is 0 Å². The fourth-order valence-corrected chi connectivity index (χ4v) is 1.13. The minimum absolute atomic E-state index is 0.109. The van der Waals surface area contributed by atoms with E-state index in [1.54, 1.807) is 0 Å². The Hall–Kier alpha value is -0.600. The van der Waals surface area contributed by atoms with Crippen LogP contribution < -0.4 is 0 Å². The molecule has 0 fully saturated rings. The number of rotatable bonds is 4. The summed E-state index contributed by atoms with van der Waals surface area (Å²) >= 11 is 0. The third kappa shape index (κ3) is 5.54. The Balaban J connectivity index is 3.43. The van der Waals surface area contributed by atoms with Crippen molar-refractivity contribution in [2.24, 2.45) is 11.8 Å². The van der Waals surface area contributed by atoms with Gasteiger partial charge < -0.3 is 0 Å². The third-order valence-electron chi connectivity index (χ3n) is 1.33. The highest BCUT2D eigenvalue weighted by Gasteiger charge is 2.10. The maximum atomic E-state index is 10.00. The first kappa shape index (κ1) is 9.40. The number of nitro groups is 1. The molecule has 0 bridgehead atoms. The van der Waals surface area contributed by atoms with E-state index in [0.717, 1.165) is 6.42 Å². The van der Waals surface area contributed by atoms with Gasteiger partial charge in [-0.1, -0.05) is 20.8 Å². The maximum absolute atomic E-state index is 10.00. The van der Waals surface area contributed by atoms with Crippen LogP contribution in [0.1, 0.15) is 27.2 Å². The standard InChI is InChI=1S/C7H15NO2/c1-6(2)4-7(3)5-8(9)10/h6-7H,4-5H2,1-3H3/t7-/m1/s1. The van der Waals surface area contributed by atoms with Gasteiger partial charge in [0.05, 0.1) is 0 Å². The van der Waals surface area contributed by atoms with Gasteiger partial charge in [0.1, 0.15) is 0 Å². The van der Waals surface area contributed by atoms with Crippen LogP contribution in [0, 0.1) is 22.0 Å². The van der Waals surface area contributed by atoms with Crippen LogP contribution in [0.15, 0.2) is 0 Å². The molecule has 3 nitrogen and oxygen atoms in total. The lowest BCUT2D eigenvalue weighted by molar-refractivity contribution is -0.487. The summed E-state index contributed by atoms with van der Waals surface area (Å²) in [7, 11) is 0. The molecule has 0 radical (unpaired) electrons. The molecular weight excluding hydrogens is 130 g/mol. The van der Waals surface area contributed by atoms with Crippen molar-refractivity contribution in [2.75, 3.05) is 6.54 Å². The highest BCUT2D eigenvalue weighted by molar-refractivity contribution is 4.53. The van der Waals surface area contributed by atoms with Crippen molar-refractivity contribution in [1.82, 2.24) is 0 Å². The van der Waals surface area contributed by atoms with E-state index in [4.69, 9.17) is 0 Å². The molecule has 10 heavy (non-hydrogen) atoms. The SMILES string of the molecule is CC(C)C[C@@H](C)C[N+](=O)[O-]. The molecule has 0 N–H and O–H groups in total. The zero-order valence-electron chi connectivity index (χ0n) is 6.83. The summed E-state index contributed by atoms with van der Waals surface area (Å²) in [6, 6.07) is 0. The van der Waals surface area contributed by atoms with E-state index in [-0.39, 0.29) is 17.4 Å². The van der Waals surface area contributed by atoms with Crippen LogP contribution in [0.25, 0.3) is 0 Å². The molecule has 3 heteroatoms. The minimum Gasteiger partial charge on any atom is -0.265 e. The topological polar surface area (TPSA) is 43.1 Å². The molecule has 0 aliphatic carbocycles. The Morgan fingerprint density at radius 2 is 1.90 bits per heavy atom. The normalized spacial score (nSPS) is 13.6. The molecule has 0 aromatic carbocycles.